The summed E-state index contributed by atoms with van der Waals surface area (Å²) in [6.07, 6.45) is 0. The van der Waals surface area contributed by atoms with Gasteiger partial charge in [0.15, 0.2) is 11.7 Å². The molecule has 0 unspecified atom stereocenters. The van der Waals surface area contributed by atoms with Gasteiger partial charge in [-0.25, -0.2) is 4.98 Å². The number of ether oxygens (including phenoxy) is 1. The van der Waals surface area contributed by atoms with Crippen LogP contribution in [0.1, 0.15) is 0 Å². The summed E-state index contributed by atoms with van der Waals surface area (Å²) in [5, 5.41) is 7.53. The fourth-order valence-corrected chi connectivity index (χ4v) is 3.31. The van der Waals surface area contributed by atoms with E-state index in [0.717, 1.165) is 15.7 Å². The van der Waals surface area contributed by atoms with Crippen molar-refractivity contribution in [2.24, 2.45) is 0 Å². The Morgan fingerprint density at radius 1 is 1.07 bits per heavy atom. The van der Waals surface area contributed by atoms with E-state index in [9.17, 15) is 9.59 Å². The molecule has 0 aliphatic carbocycles. The molecule has 0 fully saturated rings. The van der Waals surface area contributed by atoms with Gasteiger partial charge in [-0.05, 0) is 24.3 Å². The van der Waals surface area contributed by atoms with E-state index in [1.54, 1.807) is 12.1 Å². The first kappa shape index (κ1) is 19.1. The van der Waals surface area contributed by atoms with Crippen LogP contribution in [0.4, 0.5) is 5.13 Å². The van der Waals surface area contributed by atoms with Crippen molar-refractivity contribution in [1.29, 1.82) is 0 Å². The van der Waals surface area contributed by atoms with E-state index < -0.39 is 0 Å². The van der Waals surface area contributed by atoms with Crippen molar-refractivity contribution in [2.45, 2.75) is 0 Å². The second-order valence-electron chi connectivity index (χ2n) is 5.47. The quantitative estimate of drug-likeness (QED) is 0.580. The van der Waals surface area contributed by atoms with Crippen molar-refractivity contribution in [3.8, 4) is 17.0 Å². The lowest BCUT2D eigenvalue weighted by atomic mass is 10.2. The molecule has 138 valence electrons. The van der Waals surface area contributed by atoms with Crippen LogP contribution in [0.5, 0.6) is 5.75 Å². The first-order valence-electron chi connectivity index (χ1n) is 8.06. The van der Waals surface area contributed by atoms with Gasteiger partial charge in [0.25, 0.3) is 5.91 Å². The van der Waals surface area contributed by atoms with Gasteiger partial charge in [0, 0.05) is 15.4 Å². The number of carbonyl (C=O) groups excluding carboxylic acids is 2. The van der Waals surface area contributed by atoms with E-state index in [4.69, 9.17) is 4.74 Å². The number of nitrogens with zero attached hydrogens (tertiary/aromatic N) is 1. The number of carbonyl (C=O) groups is 2. The van der Waals surface area contributed by atoms with Crippen LogP contribution >= 0.6 is 27.3 Å². The minimum absolute atomic E-state index is 0.150. The van der Waals surface area contributed by atoms with Crippen LogP contribution in [0.3, 0.4) is 0 Å². The molecular weight excluding hydrogens is 430 g/mol. The van der Waals surface area contributed by atoms with Gasteiger partial charge < -0.3 is 15.4 Å². The Labute approximate surface area is 168 Å². The Balaban J connectivity index is 1.45. The Kier molecular flexibility index (Phi) is 6.56. The highest BCUT2D eigenvalue weighted by atomic mass is 79.9. The molecule has 0 aliphatic heterocycles. The molecule has 8 heteroatoms. The fraction of sp³-hybridized carbons (Fsp3) is 0.105. The highest BCUT2D eigenvalue weighted by molar-refractivity contribution is 9.10. The second kappa shape index (κ2) is 9.29. The van der Waals surface area contributed by atoms with Crippen LogP contribution in [0, 0.1) is 0 Å². The molecule has 0 saturated heterocycles. The minimum atomic E-state index is -0.372. The van der Waals surface area contributed by atoms with Gasteiger partial charge in [-0.2, -0.15) is 0 Å². The summed E-state index contributed by atoms with van der Waals surface area (Å²) < 4.78 is 6.28. The minimum Gasteiger partial charge on any atom is -0.484 e. The smallest absolute Gasteiger partial charge is 0.258 e. The first-order valence-corrected chi connectivity index (χ1v) is 9.73. The number of thiazole rings is 1. The van der Waals surface area contributed by atoms with Crippen molar-refractivity contribution < 1.29 is 14.3 Å². The SMILES string of the molecule is O=C(COc1ccccc1)NCC(=O)Nc1nc(-c2cccc(Br)c2)cs1. The lowest BCUT2D eigenvalue weighted by Gasteiger charge is -2.07. The van der Waals surface area contributed by atoms with Gasteiger partial charge in [-0.15, -0.1) is 11.3 Å². The monoisotopic (exact) mass is 445 g/mol. The van der Waals surface area contributed by atoms with E-state index in [-0.39, 0.29) is 25.0 Å². The zero-order chi connectivity index (χ0) is 19.1. The van der Waals surface area contributed by atoms with Gasteiger partial charge in [0.05, 0.1) is 12.2 Å². The number of nitrogens with one attached hydrogen (secondary N) is 2. The number of benzene rings is 2. The average Bonchev–Trinajstić information content (AvgIpc) is 3.14. The summed E-state index contributed by atoms with van der Waals surface area (Å²) >= 11 is 4.75. The van der Waals surface area contributed by atoms with E-state index in [1.165, 1.54) is 11.3 Å². The van der Waals surface area contributed by atoms with E-state index in [1.807, 2.05) is 47.8 Å². The molecule has 0 aliphatic rings. The summed E-state index contributed by atoms with van der Waals surface area (Å²) in [6, 6.07) is 16.8. The number of hydrogen-bond acceptors (Lipinski definition) is 5. The molecule has 0 bridgehead atoms. The van der Waals surface area contributed by atoms with Gasteiger partial charge in [-0.1, -0.05) is 46.3 Å². The number of rotatable bonds is 7. The number of halogens is 1. The maximum atomic E-state index is 12.0. The Bertz CT molecular complexity index is 931. The molecule has 2 aromatic carbocycles. The number of hydrogen-bond donors (Lipinski definition) is 2. The molecular formula is C19H16BrN3O3S. The van der Waals surface area contributed by atoms with Gasteiger partial charge in [-0.3, -0.25) is 9.59 Å². The van der Waals surface area contributed by atoms with Crippen molar-refractivity contribution in [3.05, 3.63) is 64.5 Å². The highest BCUT2D eigenvalue weighted by Crippen LogP contribution is 2.26. The third-order valence-corrected chi connectivity index (χ3v) is 4.68. The summed E-state index contributed by atoms with van der Waals surface area (Å²) in [4.78, 5) is 28.1. The molecule has 0 atom stereocenters. The van der Waals surface area contributed by atoms with Crippen molar-refractivity contribution in [1.82, 2.24) is 10.3 Å². The number of aromatic nitrogens is 1. The predicted molar refractivity (Wildman–Crippen MR) is 109 cm³/mol. The maximum absolute atomic E-state index is 12.0. The first-order chi connectivity index (χ1) is 13.1. The largest absolute Gasteiger partial charge is 0.484 e. The number of para-hydroxylation sites is 1. The zero-order valence-corrected chi connectivity index (χ0v) is 16.5. The zero-order valence-electron chi connectivity index (χ0n) is 14.1. The number of anilines is 1. The molecule has 0 spiro atoms. The standard InChI is InChI=1S/C19H16BrN3O3S/c20-14-6-4-5-13(9-14)16-12-27-19(22-16)23-17(24)10-21-18(25)11-26-15-7-2-1-3-8-15/h1-9,12H,10-11H2,(H,21,25)(H,22,23,24). The Morgan fingerprint density at radius 2 is 1.89 bits per heavy atom. The molecule has 0 radical (unpaired) electrons. The topological polar surface area (TPSA) is 80.3 Å². The van der Waals surface area contributed by atoms with Crippen LogP contribution in [-0.2, 0) is 9.59 Å². The molecule has 2 N–H and O–H groups in total. The van der Waals surface area contributed by atoms with Crippen molar-refractivity contribution in [3.63, 3.8) is 0 Å². The third kappa shape index (κ3) is 5.90. The lowest BCUT2D eigenvalue weighted by molar-refractivity contribution is -0.125. The molecule has 1 aromatic heterocycles. The Morgan fingerprint density at radius 3 is 2.67 bits per heavy atom. The van der Waals surface area contributed by atoms with Crippen LogP contribution in [0.15, 0.2) is 64.5 Å². The second-order valence-corrected chi connectivity index (χ2v) is 7.25. The number of amides is 2. The summed E-state index contributed by atoms with van der Waals surface area (Å²) in [5.41, 5.74) is 1.73. The average molecular weight is 446 g/mol. The van der Waals surface area contributed by atoms with Gasteiger partial charge in [0.1, 0.15) is 5.75 Å². The predicted octanol–water partition coefficient (Wildman–Crippen LogP) is 3.71. The maximum Gasteiger partial charge on any atom is 0.258 e. The molecule has 3 rings (SSSR count). The summed E-state index contributed by atoms with van der Waals surface area (Å²) in [5.74, 6) is -0.124. The van der Waals surface area contributed by atoms with Crippen molar-refractivity contribution >= 4 is 44.2 Å². The van der Waals surface area contributed by atoms with E-state index in [0.29, 0.717) is 10.9 Å². The molecule has 2 amide bonds. The molecule has 6 nitrogen and oxygen atoms in total. The van der Waals surface area contributed by atoms with Crippen LogP contribution in [0.2, 0.25) is 0 Å². The summed E-state index contributed by atoms with van der Waals surface area (Å²) in [6.45, 7) is -0.301. The van der Waals surface area contributed by atoms with E-state index >= 15 is 0 Å². The lowest BCUT2D eigenvalue weighted by Crippen LogP contribution is -2.35. The molecule has 0 saturated carbocycles. The normalized spacial score (nSPS) is 10.3. The summed E-state index contributed by atoms with van der Waals surface area (Å²) in [7, 11) is 0. The fourth-order valence-electron chi connectivity index (χ4n) is 2.17. The Hall–Kier alpha value is -2.71. The van der Waals surface area contributed by atoms with Crippen LogP contribution in [0.25, 0.3) is 11.3 Å². The molecule has 3 aromatic rings. The van der Waals surface area contributed by atoms with Crippen molar-refractivity contribution in [2.75, 3.05) is 18.5 Å². The highest BCUT2D eigenvalue weighted by Gasteiger charge is 2.10. The van der Waals surface area contributed by atoms with E-state index in [2.05, 4.69) is 31.5 Å². The van der Waals surface area contributed by atoms with Gasteiger partial charge >= 0.3 is 0 Å². The molecule has 27 heavy (non-hydrogen) atoms. The van der Waals surface area contributed by atoms with Gasteiger partial charge in [0.2, 0.25) is 5.91 Å². The van der Waals surface area contributed by atoms with Crippen LogP contribution < -0.4 is 15.4 Å². The molecule has 1 heterocycles. The third-order valence-electron chi connectivity index (χ3n) is 3.43. The van der Waals surface area contributed by atoms with Crippen LogP contribution in [-0.4, -0.2) is 29.9 Å².